The predicted octanol–water partition coefficient (Wildman–Crippen LogP) is 5.83. The van der Waals surface area contributed by atoms with Gasteiger partial charge in [-0.3, -0.25) is 9.59 Å². The number of rotatable bonds is 9. The number of anilines is 1. The Balaban J connectivity index is 1.39. The Morgan fingerprint density at radius 2 is 1.80 bits per heavy atom. The van der Waals surface area contributed by atoms with Crippen LogP contribution in [0.4, 0.5) is 5.69 Å². The van der Waals surface area contributed by atoms with Crippen LogP contribution in [0.2, 0.25) is 0 Å². The van der Waals surface area contributed by atoms with Crippen molar-refractivity contribution in [3.63, 3.8) is 0 Å². The van der Waals surface area contributed by atoms with Gasteiger partial charge in [-0.05, 0) is 63.7 Å². The van der Waals surface area contributed by atoms with E-state index >= 15 is 0 Å². The van der Waals surface area contributed by atoms with Gasteiger partial charge >= 0.3 is 0 Å². The van der Waals surface area contributed by atoms with Crippen molar-refractivity contribution in [2.45, 2.75) is 34.6 Å². The fourth-order valence-electron chi connectivity index (χ4n) is 5.21. The van der Waals surface area contributed by atoms with Crippen molar-refractivity contribution in [3.05, 3.63) is 82.3 Å². The van der Waals surface area contributed by atoms with E-state index in [9.17, 15) is 9.59 Å². The maximum absolute atomic E-state index is 13.0. The number of hydrogen-bond acceptors (Lipinski definition) is 5. The molecule has 1 aliphatic rings. The molecule has 0 spiro atoms. The van der Waals surface area contributed by atoms with Crippen LogP contribution in [0, 0.1) is 20.8 Å². The zero-order valence-electron chi connectivity index (χ0n) is 23.6. The Kier molecular flexibility index (Phi) is 7.71. The molecule has 8 nitrogen and oxygen atoms in total. The average molecular weight is 538 g/mol. The fraction of sp³-hybridized carbons (Fsp3) is 0.281. The highest BCUT2D eigenvalue weighted by Gasteiger charge is 2.27. The molecule has 0 saturated heterocycles. The molecule has 206 valence electrons. The highest BCUT2D eigenvalue weighted by Crippen LogP contribution is 2.38. The first kappa shape index (κ1) is 27.1. The Morgan fingerprint density at radius 1 is 1.05 bits per heavy atom. The van der Waals surface area contributed by atoms with Gasteiger partial charge in [0.05, 0.1) is 16.8 Å². The third kappa shape index (κ3) is 5.22. The number of benzene rings is 2. The zero-order chi connectivity index (χ0) is 28.4. The Morgan fingerprint density at radius 3 is 2.52 bits per heavy atom. The van der Waals surface area contributed by atoms with E-state index in [1.54, 1.807) is 0 Å². The third-order valence-corrected chi connectivity index (χ3v) is 7.48. The van der Waals surface area contributed by atoms with E-state index < -0.39 is 0 Å². The summed E-state index contributed by atoms with van der Waals surface area (Å²) >= 11 is 0. The van der Waals surface area contributed by atoms with Gasteiger partial charge in [-0.1, -0.05) is 44.2 Å². The first-order chi connectivity index (χ1) is 19.3. The molecule has 5 rings (SSSR count). The first-order valence-electron chi connectivity index (χ1n) is 13.7. The smallest absolute Gasteiger partial charge is 0.256 e. The molecule has 0 bridgehead atoms. The monoisotopic (exact) mass is 537 g/mol. The second-order valence-corrected chi connectivity index (χ2v) is 10.0. The lowest BCUT2D eigenvalue weighted by molar-refractivity contribution is -0.110. The highest BCUT2D eigenvalue weighted by atomic mass is 16.4. The number of aromatic amines is 1. The van der Waals surface area contributed by atoms with Crippen LogP contribution >= 0.6 is 0 Å². The lowest BCUT2D eigenvalue weighted by atomic mass is 10.0. The minimum Gasteiger partial charge on any atom is -0.436 e. The fourth-order valence-corrected chi connectivity index (χ4v) is 5.21. The summed E-state index contributed by atoms with van der Waals surface area (Å²) in [6, 6.07) is 15.5. The predicted molar refractivity (Wildman–Crippen MR) is 159 cm³/mol. The second-order valence-electron chi connectivity index (χ2n) is 10.0. The van der Waals surface area contributed by atoms with Crippen LogP contribution in [0.5, 0.6) is 0 Å². The molecule has 2 aromatic carbocycles. The molecule has 0 saturated carbocycles. The van der Waals surface area contributed by atoms with Crippen LogP contribution in [0.15, 0.2) is 52.9 Å². The van der Waals surface area contributed by atoms with Crippen molar-refractivity contribution in [1.82, 2.24) is 20.2 Å². The molecule has 0 atom stereocenters. The standard InChI is InChI=1S/C32H35N5O3/c1-6-37(7-2)16-15-33-31(39)28-19(3)26(34-20(28)4)18-25-24-14-13-23(17-27(24)36-30(25)38)29-21(5)35-32(40-29)22-11-9-8-10-12-22/h8-14,17-18,34H,6-7,15-16H2,1-5H3,(H,33,39)(H,36,38). The number of oxazole rings is 1. The van der Waals surface area contributed by atoms with Gasteiger partial charge in [-0.25, -0.2) is 4.98 Å². The topological polar surface area (TPSA) is 103 Å². The van der Waals surface area contributed by atoms with Crippen molar-refractivity contribution in [2.75, 3.05) is 31.5 Å². The number of H-pyrrole nitrogens is 1. The van der Waals surface area contributed by atoms with Crippen LogP contribution in [0.25, 0.3) is 34.4 Å². The molecule has 0 unspecified atom stereocenters. The zero-order valence-corrected chi connectivity index (χ0v) is 23.6. The summed E-state index contributed by atoms with van der Waals surface area (Å²) in [5, 5.41) is 6.02. The number of carbonyl (C=O) groups is 2. The maximum atomic E-state index is 13.0. The van der Waals surface area contributed by atoms with Crippen molar-refractivity contribution in [3.8, 4) is 22.8 Å². The number of hydrogen-bond donors (Lipinski definition) is 3. The molecule has 0 fully saturated rings. The Hall–Kier alpha value is -4.43. The van der Waals surface area contributed by atoms with Crippen molar-refractivity contribution < 1.29 is 14.0 Å². The largest absolute Gasteiger partial charge is 0.436 e. The SMILES string of the molecule is CCN(CC)CCNC(=O)c1c(C)[nH]c(C=C2C(=O)Nc3cc(-c4oc(-c5ccccc5)nc4C)ccc32)c1C. The van der Waals surface area contributed by atoms with Crippen LogP contribution in [0.1, 0.15) is 52.4 Å². The van der Waals surface area contributed by atoms with E-state index in [2.05, 4.69) is 39.3 Å². The van der Waals surface area contributed by atoms with E-state index in [-0.39, 0.29) is 11.8 Å². The van der Waals surface area contributed by atoms with Gasteiger partial charge < -0.3 is 24.9 Å². The Bertz CT molecular complexity index is 1590. The molecule has 8 heteroatoms. The van der Waals surface area contributed by atoms with Crippen molar-refractivity contribution in [2.24, 2.45) is 0 Å². The van der Waals surface area contributed by atoms with Gasteiger partial charge in [0.15, 0.2) is 5.76 Å². The number of nitrogens with one attached hydrogen (secondary N) is 3. The van der Waals surface area contributed by atoms with Crippen LogP contribution in [-0.2, 0) is 4.79 Å². The first-order valence-corrected chi connectivity index (χ1v) is 13.7. The lowest BCUT2D eigenvalue weighted by Gasteiger charge is -2.18. The number of aromatic nitrogens is 2. The van der Waals surface area contributed by atoms with Gasteiger partial charge in [-0.2, -0.15) is 0 Å². The van der Waals surface area contributed by atoms with Gasteiger partial charge in [0, 0.05) is 46.9 Å². The van der Waals surface area contributed by atoms with Gasteiger partial charge in [-0.15, -0.1) is 0 Å². The molecular weight excluding hydrogens is 502 g/mol. The molecule has 3 N–H and O–H groups in total. The van der Waals surface area contributed by atoms with Crippen molar-refractivity contribution in [1.29, 1.82) is 0 Å². The number of nitrogens with zero attached hydrogens (tertiary/aromatic N) is 2. The summed E-state index contributed by atoms with van der Waals surface area (Å²) in [5.74, 6) is 0.925. The summed E-state index contributed by atoms with van der Waals surface area (Å²) in [6.45, 7) is 13.2. The normalized spacial score (nSPS) is 13.7. The van der Waals surface area contributed by atoms with E-state index in [1.807, 2.05) is 75.4 Å². The lowest BCUT2D eigenvalue weighted by Crippen LogP contribution is -2.35. The Labute approximate surface area is 234 Å². The summed E-state index contributed by atoms with van der Waals surface area (Å²) < 4.78 is 6.12. The van der Waals surface area contributed by atoms with E-state index in [0.717, 1.165) is 59.0 Å². The molecule has 2 amide bonds. The van der Waals surface area contributed by atoms with E-state index in [0.29, 0.717) is 35.0 Å². The summed E-state index contributed by atoms with van der Waals surface area (Å²) in [7, 11) is 0. The minimum absolute atomic E-state index is 0.110. The van der Waals surface area contributed by atoms with E-state index in [1.165, 1.54) is 0 Å². The van der Waals surface area contributed by atoms with Crippen molar-refractivity contribution >= 4 is 29.2 Å². The number of amides is 2. The molecule has 40 heavy (non-hydrogen) atoms. The quantitative estimate of drug-likeness (QED) is 0.233. The number of likely N-dealkylation sites (N-methyl/N-ethyl adjacent to an activating group) is 1. The molecule has 0 aliphatic carbocycles. The van der Waals surface area contributed by atoms with Gasteiger partial charge in [0.2, 0.25) is 5.89 Å². The number of aryl methyl sites for hydroxylation is 2. The molecule has 1 aliphatic heterocycles. The van der Waals surface area contributed by atoms with Gasteiger partial charge in [0.1, 0.15) is 0 Å². The van der Waals surface area contributed by atoms with Crippen LogP contribution in [-0.4, -0.2) is 52.9 Å². The molecular formula is C32H35N5O3. The second kappa shape index (κ2) is 11.4. The summed E-state index contributed by atoms with van der Waals surface area (Å²) in [5.41, 5.74) is 7.52. The average Bonchev–Trinajstić information content (AvgIpc) is 3.58. The maximum Gasteiger partial charge on any atom is 0.256 e. The highest BCUT2D eigenvalue weighted by molar-refractivity contribution is 6.35. The minimum atomic E-state index is -0.191. The number of fused-ring (bicyclic) bond motifs is 1. The summed E-state index contributed by atoms with van der Waals surface area (Å²) in [4.78, 5) is 36.2. The molecule has 3 heterocycles. The van der Waals surface area contributed by atoms with E-state index in [4.69, 9.17) is 4.42 Å². The molecule has 2 aromatic heterocycles. The van der Waals surface area contributed by atoms with Gasteiger partial charge in [0.25, 0.3) is 11.8 Å². The van der Waals surface area contributed by atoms with Crippen LogP contribution in [0.3, 0.4) is 0 Å². The molecule has 4 aromatic rings. The summed E-state index contributed by atoms with van der Waals surface area (Å²) in [6.07, 6.45) is 1.82. The number of carbonyl (C=O) groups excluding carboxylic acids is 2. The molecule has 0 radical (unpaired) electrons. The third-order valence-electron chi connectivity index (χ3n) is 7.48. The van der Waals surface area contributed by atoms with Crippen LogP contribution < -0.4 is 10.6 Å².